The number of ether oxygens (including phenoxy) is 1. The number of hydrogen-bond donors (Lipinski definition) is 1. The molecule has 1 heterocycles. The molecule has 0 fully saturated rings. The van der Waals surface area contributed by atoms with E-state index in [0.29, 0.717) is 6.61 Å². The lowest BCUT2D eigenvalue weighted by atomic mass is 10.0. The van der Waals surface area contributed by atoms with E-state index in [9.17, 15) is 0 Å². The molecule has 1 aromatic carbocycles. The van der Waals surface area contributed by atoms with E-state index in [1.54, 1.807) is 4.68 Å². The maximum absolute atomic E-state index is 5.94. The molecule has 0 saturated heterocycles. The maximum Gasteiger partial charge on any atom is 0.119 e. The van der Waals surface area contributed by atoms with Gasteiger partial charge in [0, 0.05) is 24.8 Å². The molecule has 19 heavy (non-hydrogen) atoms. The van der Waals surface area contributed by atoms with E-state index in [4.69, 9.17) is 10.5 Å². The second-order valence-corrected chi connectivity index (χ2v) is 4.83. The second-order valence-electron chi connectivity index (χ2n) is 4.83. The predicted octanol–water partition coefficient (Wildman–Crippen LogP) is 2.28. The van der Waals surface area contributed by atoms with Gasteiger partial charge in [-0.1, -0.05) is 19.1 Å². The molecular formula is C15H21N3O. The zero-order chi connectivity index (χ0) is 13.7. The maximum atomic E-state index is 5.94. The lowest BCUT2D eigenvalue weighted by Crippen LogP contribution is -2.21. The zero-order valence-corrected chi connectivity index (χ0v) is 11.5. The minimum absolute atomic E-state index is 0.238. The molecule has 0 spiro atoms. The summed E-state index contributed by atoms with van der Waals surface area (Å²) in [6.45, 7) is 2.65. The Bertz CT molecular complexity index is 504. The lowest BCUT2D eigenvalue weighted by Gasteiger charge is -2.09. The molecule has 0 aliphatic heterocycles. The minimum Gasteiger partial charge on any atom is -0.489 e. The smallest absolute Gasteiger partial charge is 0.119 e. The number of rotatable bonds is 6. The molecule has 0 aliphatic rings. The summed E-state index contributed by atoms with van der Waals surface area (Å²) in [6, 6.07) is 8.38. The van der Waals surface area contributed by atoms with Crippen molar-refractivity contribution in [3.8, 4) is 5.75 Å². The van der Waals surface area contributed by atoms with Crippen molar-refractivity contribution in [1.82, 2.24) is 9.78 Å². The Morgan fingerprint density at radius 3 is 2.58 bits per heavy atom. The summed E-state index contributed by atoms with van der Waals surface area (Å²) in [4.78, 5) is 0. The third-order valence-electron chi connectivity index (χ3n) is 3.11. The van der Waals surface area contributed by atoms with Crippen LogP contribution in [0.2, 0.25) is 0 Å². The minimum atomic E-state index is 0.238. The summed E-state index contributed by atoms with van der Waals surface area (Å²) in [6.07, 6.45) is 5.68. The van der Waals surface area contributed by atoms with Crippen molar-refractivity contribution in [2.75, 3.05) is 0 Å². The molecule has 0 radical (unpaired) electrons. The number of benzene rings is 1. The van der Waals surface area contributed by atoms with E-state index in [-0.39, 0.29) is 6.04 Å². The fourth-order valence-corrected chi connectivity index (χ4v) is 1.88. The lowest BCUT2D eigenvalue weighted by molar-refractivity contribution is 0.306. The number of hydrogen-bond acceptors (Lipinski definition) is 3. The van der Waals surface area contributed by atoms with Gasteiger partial charge in [0.1, 0.15) is 12.4 Å². The van der Waals surface area contributed by atoms with E-state index in [1.807, 2.05) is 31.6 Å². The Labute approximate surface area is 114 Å². The van der Waals surface area contributed by atoms with Crippen LogP contribution in [0, 0.1) is 0 Å². The molecule has 0 aliphatic carbocycles. The highest BCUT2D eigenvalue weighted by atomic mass is 16.5. The van der Waals surface area contributed by atoms with Gasteiger partial charge >= 0.3 is 0 Å². The average Bonchev–Trinajstić information content (AvgIpc) is 2.83. The topological polar surface area (TPSA) is 53.1 Å². The fourth-order valence-electron chi connectivity index (χ4n) is 1.88. The van der Waals surface area contributed by atoms with E-state index in [0.717, 1.165) is 24.2 Å². The van der Waals surface area contributed by atoms with Crippen molar-refractivity contribution < 1.29 is 4.74 Å². The van der Waals surface area contributed by atoms with Crippen LogP contribution in [0.3, 0.4) is 0 Å². The van der Waals surface area contributed by atoms with Crippen LogP contribution < -0.4 is 10.5 Å². The quantitative estimate of drug-likeness (QED) is 0.866. The summed E-state index contributed by atoms with van der Waals surface area (Å²) < 4.78 is 7.48. The van der Waals surface area contributed by atoms with Crippen LogP contribution in [-0.4, -0.2) is 15.8 Å². The molecule has 102 valence electrons. The highest BCUT2D eigenvalue weighted by Crippen LogP contribution is 2.15. The highest BCUT2D eigenvalue weighted by molar-refractivity contribution is 5.28. The molecule has 0 bridgehead atoms. The zero-order valence-electron chi connectivity index (χ0n) is 11.5. The van der Waals surface area contributed by atoms with Crippen LogP contribution in [0.25, 0.3) is 0 Å². The molecule has 4 nitrogen and oxygen atoms in total. The van der Waals surface area contributed by atoms with Crippen LogP contribution in [0.5, 0.6) is 5.75 Å². The van der Waals surface area contributed by atoms with Gasteiger partial charge in [-0.05, 0) is 30.5 Å². The van der Waals surface area contributed by atoms with Gasteiger partial charge in [0.05, 0.1) is 6.20 Å². The summed E-state index contributed by atoms with van der Waals surface area (Å²) >= 11 is 0. The average molecular weight is 259 g/mol. The predicted molar refractivity (Wildman–Crippen MR) is 76.0 cm³/mol. The third kappa shape index (κ3) is 4.10. The summed E-state index contributed by atoms with van der Waals surface area (Å²) in [5.41, 5.74) is 8.26. The Balaban J connectivity index is 1.88. The van der Waals surface area contributed by atoms with E-state index >= 15 is 0 Å². The molecule has 4 heteroatoms. The summed E-state index contributed by atoms with van der Waals surface area (Å²) in [5, 5.41) is 4.11. The Morgan fingerprint density at radius 2 is 2.00 bits per heavy atom. The van der Waals surface area contributed by atoms with Crippen molar-refractivity contribution in [2.24, 2.45) is 12.8 Å². The summed E-state index contributed by atoms with van der Waals surface area (Å²) in [7, 11) is 1.90. The standard InChI is InChI=1S/C15H21N3O/c1-3-14(16)8-12-4-6-15(7-5-12)19-11-13-9-17-18(2)10-13/h4-7,9-10,14H,3,8,11,16H2,1-2H3. The first-order valence-electron chi connectivity index (χ1n) is 6.62. The monoisotopic (exact) mass is 259 g/mol. The fraction of sp³-hybridized carbons (Fsp3) is 0.400. The number of aryl methyl sites for hydroxylation is 1. The van der Waals surface area contributed by atoms with E-state index in [2.05, 4.69) is 24.2 Å². The van der Waals surface area contributed by atoms with Crippen LogP contribution >= 0.6 is 0 Å². The summed E-state index contributed by atoms with van der Waals surface area (Å²) in [5.74, 6) is 0.873. The largest absolute Gasteiger partial charge is 0.489 e. The molecule has 2 N–H and O–H groups in total. The van der Waals surface area contributed by atoms with Crippen molar-refractivity contribution in [1.29, 1.82) is 0 Å². The van der Waals surface area contributed by atoms with E-state index in [1.165, 1.54) is 5.56 Å². The molecule has 1 aromatic heterocycles. The van der Waals surface area contributed by atoms with Crippen molar-refractivity contribution in [3.63, 3.8) is 0 Å². The normalized spacial score (nSPS) is 12.4. The first-order valence-corrected chi connectivity index (χ1v) is 6.62. The van der Waals surface area contributed by atoms with Crippen LogP contribution in [0.4, 0.5) is 0 Å². The number of nitrogens with zero attached hydrogens (tertiary/aromatic N) is 2. The second kappa shape index (κ2) is 6.38. The van der Waals surface area contributed by atoms with E-state index < -0.39 is 0 Å². The van der Waals surface area contributed by atoms with Gasteiger partial charge in [0.15, 0.2) is 0 Å². The van der Waals surface area contributed by atoms with Gasteiger partial charge in [0.2, 0.25) is 0 Å². The Hall–Kier alpha value is -1.81. The van der Waals surface area contributed by atoms with Crippen molar-refractivity contribution in [2.45, 2.75) is 32.4 Å². The Morgan fingerprint density at radius 1 is 1.26 bits per heavy atom. The van der Waals surface area contributed by atoms with Crippen LogP contribution in [-0.2, 0) is 20.1 Å². The molecule has 2 rings (SSSR count). The molecule has 1 unspecified atom stereocenters. The van der Waals surface area contributed by atoms with Crippen molar-refractivity contribution in [3.05, 3.63) is 47.8 Å². The number of nitrogens with two attached hydrogens (primary N) is 1. The van der Waals surface area contributed by atoms with Crippen LogP contribution in [0.1, 0.15) is 24.5 Å². The van der Waals surface area contributed by atoms with Gasteiger partial charge in [-0.3, -0.25) is 4.68 Å². The SMILES string of the molecule is CCC(N)Cc1ccc(OCc2cnn(C)c2)cc1. The first-order chi connectivity index (χ1) is 9.17. The molecule has 0 saturated carbocycles. The van der Waals surface area contributed by atoms with Crippen LogP contribution in [0.15, 0.2) is 36.7 Å². The van der Waals surface area contributed by atoms with Gasteiger partial charge in [-0.2, -0.15) is 5.10 Å². The third-order valence-corrected chi connectivity index (χ3v) is 3.11. The molecule has 2 aromatic rings. The molecule has 0 amide bonds. The Kier molecular flexibility index (Phi) is 4.58. The first kappa shape index (κ1) is 13.6. The van der Waals surface area contributed by atoms with Crippen molar-refractivity contribution >= 4 is 0 Å². The van der Waals surface area contributed by atoms with Gasteiger partial charge in [0.25, 0.3) is 0 Å². The number of aromatic nitrogens is 2. The molecule has 1 atom stereocenters. The van der Waals surface area contributed by atoms with Gasteiger partial charge < -0.3 is 10.5 Å². The van der Waals surface area contributed by atoms with Gasteiger partial charge in [-0.15, -0.1) is 0 Å². The van der Waals surface area contributed by atoms with Gasteiger partial charge in [-0.25, -0.2) is 0 Å². The molecular weight excluding hydrogens is 238 g/mol. The highest BCUT2D eigenvalue weighted by Gasteiger charge is 2.02.